The molecule has 1 nitrogen and oxygen atoms in total. The Kier molecular flexibility index (Phi) is 5.88. The zero-order chi connectivity index (χ0) is 15.4. The van der Waals surface area contributed by atoms with Crippen LogP contribution < -0.4 is 5.32 Å². The lowest BCUT2D eigenvalue weighted by molar-refractivity contribution is 0.547. The van der Waals surface area contributed by atoms with E-state index in [1.165, 1.54) is 6.07 Å². The molecule has 2 aromatic carbocycles. The largest absolute Gasteiger partial charge is 0.306 e. The first kappa shape index (κ1) is 16.6. The minimum absolute atomic E-state index is 0.0916. The van der Waals surface area contributed by atoms with Gasteiger partial charge in [-0.25, -0.2) is 4.39 Å². The van der Waals surface area contributed by atoms with Crippen LogP contribution in [0.2, 0.25) is 15.1 Å². The van der Waals surface area contributed by atoms with Gasteiger partial charge in [0.05, 0.1) is 21.1 Å². The Morgan fingerprint density at radius 2 is 1.62 bits per heavy atom. The highest BCUT2D eigenvalue weighted by Gasteiger charge is 2.21. The molecule has 112 valence electrons. The smallest absolute Gasteiger partial charge is 0.146 e. The third-order valence-electron chi connectivity index (χ3n) is 3.18. The van der Waals surface area contributed by atoms with Crippen molar-refractivity contribution in [3.05, 3.63) is 68.4 Å². The number of hydrogen-bond donors (Lipinski definition) is 1. The van der Waals surface area contributed by atoms with E-state index in [9.17, 15) is 4.39 Å². The number of benzene rings is 2. The second-order valence-electron chi connectivity index (χ2n) is 4.67. The van der Waals surface area contributed by atoms with Gasteiger partial charge in [-0.2, -0.15) is 0 Å². The highest BCUT2D eigenvalue weighted by Crippen LogP contribution is 2.35. The molecule has 0 bridgehead atoms. The van der Waals surface area contributed by atoms with Crippen molar-refractivity contribution in [3.8, 4) is 0 Å². The van der Waals surface area contributed by atoms with Crippen molar-refractivity contribution in [2.24, 2.45) is 0 Å². The van der Waals surface area contributed by atoms with E-state index in [0.717, 1.165) is 18.5 Å². The first-order chi connectivity index (χ1) is 10.1. The molecule has 0 fully saturated rings. The summed E-state index contributed by atoms with van der Waals surface area (Å²) in [6, 6.07) is 9.89. The molecule has 1 atom stereocenters. The lowest BCUT2D eigenvalue weighted by Gasteiger charge is -2.22. The summed E-state index contributed by atoms with van der Waals surface area (Å²) in [7, 11) is 0. The Balaban J connectivity index is 2.52. The molecule has 5 heteroatoms. The molecule has 1 unspecified atom stereocenters. The van der Waals surface area contributed by atoms with Crippen LogP contribution >= 0.6 is 34.8 Å². The van der Waals surface area contributed by atoms with Crippen LogP contribution in [0.15, 0.2) is 36.4 Å². The van der Waals surface area contributed by atoms with Gasteiger partial charge in [0.1, 0.15) is 5.82 Å². The second kappa shape index (κ2) is 7.46. The summed E-state index contributed by atoms with van der Waals surface area (Å²) in [5, 5.41) is 4.26. The van der Waals surface area contributed by atoms with Gasteiger partial charge in [-0.15, -0.1) is 0 Å². The molecule has 0 radical (unpaired) electrons. The molecule has 0 saturated heterocycles. The van der Waals surface area contributed by atoms with Crippen LogP contribution in [0.4, 0.5) is 4.39 Å². The Labute approximate surface area is 139 Å². The van der Waals surface area contributed by atoms with Crippen LogP contribution in [0.5, 0.6) is 0 Å². The van der Waals surface area contributed by atoms with Crippen molar-refractivity contribution >= 4 is 34.8 Å². The maximum Gasteiger partial charge on any atom is 0.146 e. The Morgan fingerprint density at radius 1 is 1.00 bits per heavy atom. The average Bonchev–Trinajstić information content (AvgIpc) is 2.47. The van der Waals surface area contributed by atoms with Crippen molar-refractivity contribution in [1.82, 2.24) is 5.32 Å². The van der Waals surface area contributed by atoms with E-state index in [2.05, 4.69) is 5.32 Å². The summed E-state index contributed by atoms with van der Waals surface area (Å²) in [5.74, 6) is -0.441. The van der Waals surface area contributed by atoms with Crippen molar-refractivity contribution in [1.29, 1.82) is 0 Å². The van der Waals surface area contributed by atoms with Crippen LogP contribution in [0.25, 0.3) is 0 Å². The van der Waals surface area contributed by atoms with Gasteiger partial charge in [0.25, 0.3) is 0 Å². The third kappa shape index (κ3) is 3.70. The molecule has 2 aromatic rings. The maximum absolute atomic E-state index is 14.3. The summed E-state index contributed by atoms with van der Waals surface area (Å²) < 4.78 is 14.3. The average molecular weight is 347 g/mol. The molecule has 0 spiro atoms. The molecular weight excluding hydrogens is 332 g/mol. The summed E-state index contributed by atoms with van der Waals surface area (Å²) in [4.78, 5) is 0. The molecule has 0 aliphatic heterocycles. The summed E-state index contributed by atoms with van der Waals surface area (Å²) in [6.45, 7) is 2.76. The van der Waals surface area contributed by atoms with E-state index in [1.54, 1.807) is 24.3 Å². The molecule has 0 heterocycles. The first-order valence-corrected chi connectivity index (χ1v) is 7.80. The predicted octanol–water partition coefficient (Wildman–Crippen LogP) is 5.87. The van der Waals surface area contributed by atoms with E-state index in [1.807, 2.05) is 13.0 Å². The van der Waals surface area contributed by atoms with Crippen LogP contribution in [0.3, 0.4) is 0 Å². The van der Waals surface area contributed by atoms with E-state index in [4.69, 9.17) is 34.8 Å². The van der Waals surface area contributed by atoms with Crippen molar-refractivity contribution in [2.75, 3.05) is 6.54 Å². The van der Waals surface area contributed by atoms with Crippen molar-refractivity contribution in [2.45, 2.75) is 19.4 Å². The van der Waals surface area contributed by atoms with E-state index < -0.39 is 11.9 Å². The number of hydrogen-bond acceptors (Lipinski definition) is 1. The molecule has 1 N–H and O–H groups in total. The topological polar surface area (TPSA) is 12.0 Å². The third-order valence-corrected chi connectivity index (χ3v) is 4.31. The van der Waals surface area contributed by atoms with Crippen LogP contribution in [0, 0.1) is 5.82 Å². The summed E-state index contributed by atoms with van der Waals surface area (Å²) in [6.07, 6.45) is 0.914. The highest BCUT2D eigenvalue weighted by atomic mass is 35.5. The van der Waals surface area contributed by atoms with Gasteiger partial charge >= 0.3 is 0 Å². The number of halogens is 4. The van der Waals surface area contributed by atoms with Gasteiger partial charge in [0, 0.05) is 5.56 Å². The predicted molar refractivity (Wildman–Crippen MR) is 88.0 cm³/mol. The molecule has 0 aromatic heterocycles. The standard InChI is InChI=1S/C16H15Cl3FN/c1-2-9-21-16(10-5-3-7-12(17)14(10)19)11-6-4-8-13(18)15(11)20/h3-8,16,21H,2,9H2,1H3. The maximum atomic E-state index is 14.3. The normalized spacial score (nSPS) is 12.4. The fraction of sp³-hybridized carbons (Fsp3) is 0.250. The molecule has 0 aliphatic carbocycles. The van der Waals surface area contributed by atoms with Gasteiger partial charge < -0.3 is 5.32 Å². The minimum atomic E-state index is -0.441. The lowest BCUT2D eigenvalue weighted by Crippen LogP contribution is -2.24. The summed E-state index contributed by atoms with van der Waals surface area (Å²) in [5.41, 5.74) is 1.19. The monoisotopic (exact) mass is 345 g/mol. The molecule has 21 heavy (non-hydrogen) atoms. The Morgan fingerprint density at radius 3 is 2.29 bits per heavy atom. The fourth-order valence-electron chi connectivity index (χ4n) is 2.16. The van der Waals surface area contributed by atoms with Crippen LogP contribution in [-0.4, -0.2) is 6.54 Å². The van der Waals surface area contributed by atoms with Gasteiger partial charge in [0.15, 0.2) is 0 Å². The number of nitrogens with one attached hydrogen (secondary N) is 1. The zero-order valence-electron chi connectivity index (χ0n) is 11.5. The van der Waals surface area contributed by atoms with Crippen molar-refractivity contribution < 1.29 is 4.39 Å². The zero-order valence-corrected chi connectivity index (χ0v) is 13.7. The van der Waals surface area contributed by atoms with E-state index >= 15 is 0 Å². The molecule has 2 rings (SSSR count). The van der Waals surface area contributed by atoms with Crippen LogP contribution in [-0.2, 0) is 0 Å². The van der Waals surface area contributed by atoms with Gasteiger partial charge in [-0.3, -0.25) is 0 Å². The molecular formula is C16H15Cl3FN. The molecule has 0 saturated carbocycles. The highest BCUT2D eigenvalue weighted by molar-refractivity contribution is 6.42. The second-order valence-corrected chi connectivity index (χ2v) is 5.87. The van der Waals surface area contributed by atoms with Crippen molar-refractivity contribution in [3.63, 3.8) is 0 Å². The quantitative estimate of drug-likeness (QED) is 0.713. The fourth-order valence-corrected chi connectivity index (χ4v) is 2.76. The lowest BCUT2D eigenvalue weighted by atomic mass is 9.98. The SMILES string of the molecule is CCCNC(c1cccc(Cl)c1F)c1cccc(Cl)c1Cl. The van der Waals surface area contributed by atoms with Gasteiger partial charge in [-0.05, 0) is 30.7 Å². The van der Waals surface area contributed by atoms with Gasteiger partial charge in [-0.1, -0.05) is 66.0 Å². The number of rotatable bonds is 5. The Hall–Kier alpha value is -0.800. The summed E-state index contributed by atoms with van der Waals surface area (Å²) >= 11 is 18.2. The van der Waals surface area contributed by atoms with E-state index in [-0.39, 0.29) is 5.02 Å². The Bertz CT molecular complexity index is 579. The van der Waals surface area contributed by atoms with Gasteiger partial charge in [0.2, 0.25) is 0 Å². The molecule has 0 aliphatic rings. The van der Waals surface area contributed by atoms with E-state index in [0.29, 0.717) is 15.6 Å². The minimum Gasteiger partial charge on any atom is -0.306 e. The van der Waals surface area contributed by atoms with Crippen LogP contribution in [0.1, 0.15) is 30.5 Å². The molecule has 0 amide bonds. The first-order valence-electron chi connectivity index (χ1n) is 6.67.